The topological polar surface area (TPSA) is 62.3 Å². The van der Waals surface area contributed by atoms with Gasteiger partial charge in [0.05, 0.1) is 12.7 Å². The Bertz CT molecular complexity index is 718. The van der Waals surface area contributed by atoms with E-state index in [0.717, 1.165) is 30.8 Å². The quantitative estimate of drug-likeness (QED) is 0.877. The molecule has 106 valence electrons. The molecular weight excluding hydrogens is 262 g/mol. The monoisotopic (exact) mass is 279 g/mol. The van der Waals surface area contributed by atoms with Crippen molar-refractivity contribution in [2.24, 2.45) is 0 Å². The van der Waals surface area contributed by atoms with Gasteiger partial charge >= 0.3 is 0 Å². The molecule has 0 unspecified atom stereocenters. The molecule has 0 aromatic heterocycles. The summed E-state index contributed by atoms with van der Waals surface area (Å²) >= 11 is 0. The largest absolute Gasteiger partial charge is 0.495 e. The Morgan fingerprint density at radius 2 is 2.14 bits per heavy atom. The van der Waals surface area contributed by atoms with Gasteiger partial charge < -0.3 is 15.4 Å². The first-order chi connectivity index (χ1) is 10.2. The van der Waals surface area contributed by atoms with Crippen LogP contribution in [0.15, 0.2) is 36.4 Å². The highest BCUT2D eigenvalue weighted by Crippen LogP contribution is 2.31. The van der Waals surface area contributed by atoms with Crippen LogP contribution in [0.1, 0.15) is 16.7 Å². The summed E-state index contributed by atoms with van der Waals surface area (Å²) in [6.45, 7) is 1.77. The Balaban J connectivity index is 1.85. The fourth-order valence-electron chi connectivity index (χ4n) is 2.82. The van der Waals surface area contributed by atoms with Crippen LogP contribution in [0.4, 0.5) is 11.4 Å². The van der Waals surface area contributed by atoms with Crippen molar-refractivity contribution < 1.29 is 4.74 Å². The van der Waals surface area contributed by atoms with Gasteiger partial charge in [0.2, 0.25) is 0 Å². The number of nitriles is 1. The van der Waals surface area contributed by atoms with Gasteiger partial charge in [-0.2, -0.15) is 5.26 Å². The third-order valence-electron chi connectivity index (χ3n) is 3.85. The highest BCUT2D eigenvalue weighted by molar-refractivity contribution is 5.63. The molecule has 0 saturated heterocycles. The predicted molar refractivity (Wildman–Crippen MR) is 83.3 cm³/mol. The molecule has 0 atom stereocenters. The van der Waals surface area contributed by atoms with Crippen molar-refractivity contribution in [2.75, 3.05) is 24.3 Å². The standard InChI is InChI=1S/C17H17N3O/c1-21-17-5-2-12(8-14(17)10-18)11-20-7-6-13-9-15(19)3-4-16(13)20/h2-5,8-9H,6-7,11,19H2,1H3. The number of benzene rings is 2. The summed E-state index contributed by atoms with van der Waals surface area (Å²) in [5.74, 6) is 0.621. The van der Waals surface area contributed by atoms with Gasteiger partial charge in [-0.25, -0.2) is 0 Å². The number of anilines is 2. The Hall–Kier alpha value is -2.67. The average Bonchev–Trinajstić information content (AvgIpc) is 2.89. The number of ether oxygens (including phenoxy) is 1. The molecule has 1 aliphatic heterocycles. The minimum absolute atomic E-state index is 0.576. The molecule has 0 spiro atoms. The number of hydrogen-bond acceptors (Lipinski definition) is 4. The molecule has 4 heteroatoms. The van der Waals surface area contributed by atoms with Gasteiger partial charge in [-0.1, -0.05) is 6.07 Å². The van der Waals surface area contributed by atoms with Crippen LogP contribution in [0.3, 0.4) is 0 Å². The van der Waals surface area contributed by atoms with Crippen LogP contribution < -0.4 is 15.4 Å². The van der Waals surface area contributed by atoms with Crippen LogP contribution in [0, 0.1) is 11.3 Å². The Morgan fingerprint density at radius 3 is 2.90 bits per heavy atom. The normalized spacial score (nSPS) is 12.9. The fourth-order valence-corrected chi connectivity index (χ4v) is 2.82. The lowest BCUT2D eigenvalue weighted by molar-refractivity contribution is 0.413. The second-order valence-electron chi connectivity index (χ2n) is 5.21. The van der Waals surface area contributed by atoms with E-state index in [4.69, 9.17) is 15.7 Å². The maximum absolute atomic E-state index is 9.17. The lowest BCUT2D eigenvalue weighted by Gasteiger charge is -2.20. The van der Waals surface area contributed by atoms with Crippen LogP contribution in [0.2, 0.25) is 0 Å². The SMILES string of the molecule is COc1ccc(CN2CCc3cc(N)ccc32)cc1C#N. The van der Waals surface area contributed by atoms with E-state index < -0.39 is 0 Å². The zero-order valence-electron chi connectivity index (χ0n) is 12.0. The van der Waals surface area contributed by atoms with Crippen molar-refractivity contribution in [3.63, 3.8) is 0 Å². The summed E-state index contributed by atoms with van der Waals surface area (Å²) in [7, 11) is 1.58. The molecule has 1 heterocycles. The summed E-state index contributed by atoms with van der Waals surface area (Å²) in [6, 6.07) is 14.0. The van der Waals surface area contributed by atoms with E-state index in [9.17, 15) is 0 Å². The summed E-state index contributed by atoms with van der Waals surface area (Å²) in [4.78, 5) is 2.32. The minimum Gasteiger partial charge on any atom is -0.495 e. The number of methoxy groups -OCH3 is 1. The average molecular weight is 279 g/mol. The maximum atomic E-state index is 9.17. The van der Waals surface area contributed by atoms with E-state index in [1.54, 1.807) is 7.11 Å². The second kappa shape index (κ2) is 5.37. The number of nitrogens with two attached hydrogens (primary N) is 1. The van der Waals surface area contributed by atoms with Crippen LogP contribution in [-0.2, 0) is 13.0 Å². The lowest BCUT2D eigenvalue weighted by Crippen LogP contribution is -2.19. The first-order valence-corrected chi connectivity index (χ1v) is 6.91. The summed E-state index contributed by atoms with van der Waals surface area (Å²) in [5.41, 5.74) is 10.9. The first kappa shape index (κ1) is 13.3. The van der Waals surface area contributed by atoms with Crippen molar-refractivity contribution in [3.05, 3.63) is 53.1 Å². The molecular formula is C17H17N3O. The summed E-state index contributed by atoms with van der Waals surface area (Å²) in [5, 5.41) is 9.17. The Labute approximate surface area is 124 Å². The predicted octanol–water partition coefficient (Wildman–Crippen LogP) is 2.71. The van der Waals surface area contributed by atoms with Gasteiger partial charge in [-0.05, 0) is 47.9 Å². The van der Waals surface area contributed by atoms with Gasteiger partial charge in [0.15, 0.2) is 0 Å². The number of nitrogen functional groups attached to an aromatic ring is 1. The molecule has 0 bridgehead atoms. The zero-order valence-corrected chi connectivity index (χ0v) is 12.0. The van der Waals surface area contributed by atoms with E-state index in [1.807, 2.05) is 30.3 Å². The number of hydrogen-bond donors (Lipinski definition) is 1. The zero-order chi connectivity index (χ0) is 14.8. The highest BCUT2D eigenvalue weighted by Gasteiger charge is 2.19. The van der Waals surface area contributed by atoms with Gasteiger partial charge in [0.25, 0.3) is 0 Å². The molecule has 0 fully saturated rings. The van der Waals surface area contributed by atoms with Gasteiger partial charge in [0.1, 0.15) is 11.8 Å². The molecule has 21 heavy (non-hydrogen) atoms. The minimum atomic E-state index is 0.576. The number of nitrogens with zero attached hydrogens (tertiary/aromatic N) is 2. The molecule has 3 rings (SSSR count). The van der Waals surface area contributed by atoms with Crippen molar-refractivity contribution in [1.29, 1.82) is 5.26 Å². The molecule has 2 N–H and O–H groups in total. The van der Waals surface area contributed by atoms with Crippen molar-refractivity contribution in [1.82, 2.24) is 0 Å². The first-order valence-electron chi connectivity index (χ1n) is 6.91. The molecule has 0 saturated carbocycles. The smallest absolute Gasteiger partial charge is 0.136 e. The van der Waals surface area contributed by atoms with E-state index in [2.05, 4.69) is 17.0 Å². The third kappa shape index (κ3) is 2.50. The molecule has 2 aromatic carbocycles. The van der Waals surface area contributed by atoms with Crippen LogP contribution in [0.25, 0.3) is 0 Å². The van der Waals surface area contributed by atoms with Crippen molar-refractivity contribution in [3.8, 4) is 11.8 Å². The molecule has 1 aliphatic rings. The third-order valence-corrected chi connectivity index (χ3v) is 3.85. The van der Waals surface area contributed by atoms with Crippen molar-refractivity contribution >= 4 is 11.4 Å². The van der Waals surface area contributed by atoms with Gasteiger partial charge in [0, 0.05) is 24.5 Å². The Morgan fingerprint density at radius 1 is 1.29 bits per heavy atom. The number of fused-ring (bicyclic) bond motifs is 1. The van der Waals surface area contributed by atoms with Crippen molar-refractivity contribution in [2.45, 2.75) is 13.0 Å². The molecule has 0 radical (unpaired) electrons. The highest BCUT2D eigenvalue weighted by atomic mass is 16.5. The van der Waals surface area contributed by atoms with E-state index in [-0.39, 0.29) is 0 Å². The fraction of sp³-hybridized carbons (Fsp3) is 0.235. The molecule has 0 aliphatic carbocycles. The number of rotatable bonds is 3. The molecule has 4 nitrogen and oxygen atoms in total. The van der Waals surface area contributed by atoms with Crippen LogP contribution in [-0.4, -0.2) is 13.7 Å². The van der Waals surface area contributed by atoms with E-state index in [0.29, 0.717) is 11.3 Å². The van der Waals surface area contributed by atoms with Crippen LogP contribution >= 0.6 is 0 Å². The van der Waals surface area contributed by atoms with E-state index in [1.165, 1.54) is 11.3 Å². The summed E-state index contributed by atoms with van der Waals surface area (Å²) < 4.78 is 5.18. The molecule has 2 aromatic rings. The lowest BCUT2D eigenvalue weighted by atomic mass is 10.1. The van der Waals surface area contributed by atoms with Gasteiger partial charge in [-0.15, -0.1) is 0 Å². The molecule has 0 amide bonds. The van der Waals surface area contributed by atoms with Gasteiger partial charge in [-0.3, -0.25) is 0 Å². The van der Waals surface area contributed by atoms with E-state index >= 15 is 0 Å². The van der Waals surface area contributed by atoms with Crippen LogP contribution in [0.5, 0.6) is 5.75 Å². The summed E-state index contributed by atoms with van der Waals surface area (Å²) in [6.07, 6.45) is 1.02. The second-order valence-corrected chi connectivity index (χ2v) is 5.21. The maximum Gasteiger partial charge on any atom is 0.136 e. The Kier molecular flexibility index (Phi) is 3.41.